The van der Waals surface area contributed by atoms with Crippen molar-refractivity contribution >= 4 is 23.3 Å². The van der Waals surface area contributed by atoms with Gasteiger partial charge in [0, 0.05) is 11.3 Å². The second-order valence-electron chi connectivity index (χ2n) is 6.26. The minimum absolute atomic E-state index is 0.0564. The molecule has 0 heterocycles. The molecule has 1 atom stereocenters. The molecule has 0 radical (unpaired) electrons. The summed E-state index contributed by atoms with van der Waals surface area (Å²) in [7, 11) is 0. The molecular weight excluding hydrogens is 346 g/mol. The molecule has 0 aliphatic rings. The summed E-state index contributed by atoms with van der Waals surface area (Å²) in [4.78, 5) is 35.4. The summed E-state index contributed by atoms with van der Waals surface area (Å²) in [6, 6.07) is 12.2. The fraction of sp³-hybridized carbons (Fsp3) is 0.286. The summed E-state index contributed by atoms with van der Waals surface area (Å²) >= 11 is 0. The lowest BCUT2D eigenvalue weighted by Crippen LogP contribution is -2.31. The van der Waals surface area contributed by atoms with Crippen LogP contribution in [0.3, 0.4) is 0 Å². The van der Waals surface area contributed by atoms with Gasteiger partial charge < -0.3 is 14.8 Å². The van der Waals surface area contributed by atoms with E-state index in [1.807, 2.05) is 32.0 Å². The Bertz CT molecular complexity index is 822. The van der Waals surface area contributed by atoms with Crippen molar-refractivity contribution in [3.05, 3.63) is 59.2 Å². The first-order chi connectivity index (χ1) is 12.8. The van der Waals surface area contributed by atoms with Crippen molar-refractivity contribution < 1.29 is 23.9 Å². The van der Waals surface area contributed by atoms with Crippen LogP contribution in [0.4, 0.5) is 5.69 Å². The van der Waals surface area contributed by atoms with Gasteiger partial charge in [0.1, 0.15) is 5.75 Å². The molecule has 2 aromatic carbocycles. The smallest absolute Gasteiger partial charge is 0.344 e. The van der Waals surface area contributed by atoms with Crippen molar-refractivity contribution in [1.29, 1.82) is 0 Å². The molecule has 0 saturated heterocycles. The monoisotopic (exact) mass is 369 g/mol. The standard InChI is InChI=1S/C21H23NO5/c1-13-6-5-7-14(2)20(13)26-12-19(24)27-16(4)21(25)22-18-10-8-17(9-11-18)15(3)23/h5-11,16H,12H2,1-4H3,(H,22,25)/t16-/m0/s1. The number of aryl methyl sites for hydroxylation is 2. The van der Waals surface area contributed by atoms with Crippen LogP contribution in [0.5, 0.6) is 5.75 Å². The molecule has 1 N–H and O–H groups in total. The summed E-state index contributed by atoms with van der Waals surface area (Å²) in [5.41, 5.74) is 2.90. The first-order valence-corrected chi connectivity index (χ1v) is 8.58. The number of carbonyl (C=O) groups excluding carboxylic acids is 3. The Kier molecular flexibility index (Phi) is 6.71. The molecule has 27 heavy (non-hydrogen) atoms. The number of carbonyl (C=O) groups is 3. The Morgan fingerprint density at radius 2 is 1.59 bits per heavy atom. The average molecular weight is 369 g/mol. The Labute approximate surface area is 158 Å². The van der Waals surface area contributed by atoms with E-state index in [-0.39, 0.29) is 12.4 Å². The molecule has 0 aliphatic heterocycles. The van der Waals surface area contributed by atoms with Gasteiger partial charge in [0.15, 0.2) is 18.5 Å². The zero-order valence-corrected chi connectivity index (χ0v) is 15.9. The fourth-order valence-electron chi connectivity index (χ4n) is 2.47. The largest absolute Gasteiger partial charge is 0.481 e. The number of amides is 1. The molecule has 0 spiro atoms. The molecule has 142 valence electrons. The number of rotatable bonds is 7. The number of ketones is 1. The van der Waals surface area contributed by atoms with E-state index in [4.69, 9.17) is 9.47 Å². The number of anilines is 1. The van der Waals surface area contributed by atoms with Gasteiger partial charge in [0.25, 0.3) is 5.91 Å². The van der Waals surface area contributed by atoms with Crippen molar-refractivity contribution in [3.8, 4) is 5.75 Å². The summed E-state index contributed by atoms with van der Waals surface area (Å²) in [5.74, 6) is -0.519. The maximum Gasteiger partial charge on any atom is 0.344 e. The summed E-state index contributed by atoms with van der Waals surface area (Å²) in [6.07, 6.45) is -0.980. The van der Waals surface area contributed by atoms with Gasteiger partial charge in [-0.3, -0.25) is 9.59 Å². The number of Topliss-reactive ketones (excluding diaryl/α,β-unsaturated/α-hetero) is 1. The van der Waals surface area contributed by atoms with Crippen molar-refractivity contribution in [2.45, 2.75) is 33.8 Å². The van der Waals surface area contributed by atoms with E-state index < -0.39 is 18.0 Å². The highest BCUT2D eigenvalue weighted by Crippen LogP contribution is 2.22. The Balaban J connectivity index is 1.86. The SMILES string of the molecule is CC(=O)c1ccc(NC(=O)[C@H](C)OC(=O)COc2c(C)cccc2C)cc1. The van der Waals surface area contributed by atoms with Gasteiger partial charge in [0.05, 0.1) is 0 Å². The van der Waals surface area contributed by atoms with Crippen LogP contribution in [0.2, 0.25) is 0 Å². The van der Waals surface area contributed by atoms with Crippen LogP contribution in [0, 0.1) is 13.8 Å². The first kappa shape index (κ1) is 20.2. The molecule has 2 aromatic rings. The zero-order valence-electron chi connectivity index (χ0n) is 15.9. The highest BCUT2D eigenvalue weighted by atomic mass is 16.6. The Hall–Kier alpha value is -3.15. The molecule has 1 amide bonds. The van der Waals surface area contributed by atoms with E-state index in [9.17, 15) is 14.4 Å². The predicted octanol–water partition coefficient (Wildman–Crippen LogP) is 3.46. The highest BCUT2D eigenvalue weighted by Gasteiger charge is 2.19. The normalized spacial score (nSPS) is 11.4. The fourth-order valence-corrected chi connectivity index (χ4v) is 2.47. The van der Waals surface area contributed by atoms with Gasteiger partial charge in [-0.1, -0.05) is 18.2 Å². The number of benzene rings is 2. The molecule has 6 nitrogen and oxygen atoms in total. The molecule has 0 saturated carbocycles. The molecule has 0 aromatic heterocycles. The lowest BCUT2D eigenvalue weighted by Gasteiger charge is -2.15. The quantitative estimate of drug-likeness (QED) is 0.597. The number of esters is 1. The van der Waals surface area contributed by atoms with E-state index in [1.54, 1.807) is 24.3 Å². The average Bonchev–Trinajstić information content (AvgIpc) is 2.61. The summed E-state index contributed by atoms with van der Waals surface area (Å²) < 4.78 is 10.6. The lowest BCUT2D eigenvalue weighted by molar-refractivity contribution is -0.155. The predicted molar refractivity (Wildman–Crippen MR) is 102 cm³/mol. The van der Waals surface area contributed by atoms with Crippen LogP contribution in [-0.4, -0.2) is 30.4 Å². The molecule has 0 bridgehead atoms. The van der Waals surface area contributed by atoms with E-state index in [0.29, 0.717) is 17.0 Å². The number of ether oxygens (including phenoxy) is 2. The second-order valence-corrected chi connectivity index (χ2v) is 6.26. The van der Waals surface area contributed by atoms with Crippen molar-refractivity contribution in [3.63, 3.8) is 0 Å². The third-order valence-electron chi connectivity index (χ3n) is 3.98. The van der Waals surface area contributed by atoms with Crippen LogP contribution in [0.25, 0.3) is 0 Å². The summed E-state index contributed by atoms with van der Waals surface area (Å²) in [5, 5.41) is 2.64. The molecule has 2 rings (SSSR count). The van der Waals surface area contributed by atoms with Gasteiger partial charge in [-0.05, 0) is 63.1 Å². The third kappa shape index (κ3) is 5.67. The number of hydrogen-bond donors (Lipinski definition) is 1. The number of para-hydroxylation sites is 1. The highest BCUT2D eigenvalue weighted by molar-refractivity contribution is 5.97. The topological polar surface area (TPSA) is 81.7 Å². The van der Waals surface area contributed by atoms with Gasteiger partial charge in [-0.2, -0.15) is 0 Å². The Morgan fingerprint density at radius 3 is 2.15 bits per heavy atom. The van der Waals surface area contributed by atoms with Crippen LogP contribution < -0.4 is 10.1 Å². The van der Waals surface area contributed by atoms with Gasteiger partial charge >= 0.3 is 5.97 Å². The molecule has 0 fully saturated rings. The number of hydrogen-bond acceptors (Lipinski definition) is 5. The lowest BCUT2D eigenvalue weighted by atomic mass is 10.1. The molecule has 0 aliphatic carbocycles. The maximum absolute atomic E-state index is 12.2. The maximum atomic E-state index is 12.2. The second kappa shape index (κ2) is 8.98. The van der Waals surface area contributed by atoms with Crippen LogP contribution >= 0.6 is 0 Å². The van der Waals surface area contributed by atoms with Gasteiger partial charge in [0.2, 0.25) is 0 Å². The van der Waals surface area contributed by atoms with Crippen LogP contribution in [0.15, 0.2) is 42.5 Å². The van der Waals surface area contributed by atoms with Gasteiger partial charge in [-0.25, -0.2) is 4.79 Å². The Morgan fingerprint density at radius 1 is 1.00 bits per heavy atom. The molecular formula is C21H23NO5. The molecule has 0 unspecified atom stereocenters. The molecule has 6 heteroatoms. The van der Waals surface area contributed by atoms with E-state index in [2.05, 4.69) is 5.32 Å². The van der Waals surface area contributed by atoms with Crippen molar-refractivity contribution in [1.82, 2.24) is 0 Å². The van der Waals surface area contributed by atoms with Crippen molar-refractivity contribution in [2.75, 3.05) is 11.9 Å². The first-order valence-electron chi connectivity index (χ1n) is 8.58. The van der Waals surface area contributed by atoms with E-state index >= 15 is 0 Å². The van der Waals surface area contributed by atoms with E-state index in [1.165, 1.54) is 13.8 Å². The van der Waals surface area contributed by atoms with Crippen LogP contribution in [-0.2, 0) is 14.3 Å². The minimum atomic E-state index is -0.980. The van der Waals surface area contributed by atoms with E-state index in [0.717, 1.165) is 11.1 Å². The van der Waals surface area contributed by atoms with Crippen molar-refractivity contribution in [2.24, 2.45) is 0 Å². The zero-order chi connectivity index (χ0) is 20.0. The number of nitrogens with one attached hydrogen (secondary N) is 1. The summed E-state index contributed by atoms with van der Waals surface area (Å²) in [6.45, 7) is 6.45. The minimum Gasteiger partial charge on any atom is -0.481 e. The van der Waals surface area contributed by atoms with Crippen LogP contribution in [0.1, 0.15) is 35.3 Å². The van der Waals surface area contributed by atoms with Gasteiger partial charge in [-0.15, -0.1) is 0 Å². The third-order valence-corrected chi connectivity index (χ3v) is 3.98.